The Bertz CT molecular complexity index is 575. The zero-order valence-electron chi connectivity index (χ0n) is 9.51. The number of thiazole rings is 1. The summed E-state index contributed by atoms with van der Waals surface area (Å²) in [6, 6.07) is 8.46. The van der Waals surface area contributed by atoms with Crippen LogP contribution in [-0.4, -0.2) is 18.5 Å². The topological polar surface area (TPSA) is 34.5 Å². The molecule has 4 heteroatoms. The zero-order valence-corrected chi connectivity index (χ0v) is 10.3. The monoisotopic (exact) mass is 244 g/mol. The zero-order chi connectivity index (χ0) is 11.7. The van der Waals surface area contributed by atoms with Gasteiger partial charge in [-0.1, -0.05) is 35.6 Å². The van der Waals surface area contributed by atoms with Gasteiger partial charge in [0.05, 0.1) is 12.8 Å². The van der Waals surface area contributed by atoms with Gasteiger partial charge in [-0.15, -0.1) is 0 Å². The van der Waals surface area contributed by atoms with Crippen molar-refractivity contribution in [3.05, 3.63) is 34.7 Å². The van der Waals surface area contributed by atoms with Crippen LogP contribution in [-0.2, 0) is 17.6 Å². The molecule has 1 aromatic carbocycles. The highest BCUT2D eigenvalue weighted by Crippen LogP contribution is 2.38. The maximum atomic E-state index is 4.82. The molecule has 3 nitrogen and oxygen atoms in total. The summed E-state index contributed by atoms with van der Waals surface area (Å²) in [5.41, 5.74) is 3.73. The Morgan fingerprint density at radius 1 is 1.35 bits per heavy atom. The van der Waals surface area contributed by atoms with Crippen LogP contribution in [0.3, 0.4) is 0 Å². The van der Waals surface area contributed by atoms with E-state index in [0.717, 1.165) is 23.7 Å². The maximum Gasteiger partial charge on any atom is 0.212 e. The SMILES string of the molecule is CO/C=N/c1nc2c(s1)CCc1ccccc1-2. The van der Waals surface area contributed by atoms with Crippen molar-refractivity contribution in [3.8, 4) is 11.3 Å². The summed E-state index contributed by atoms with van der Waals surface area (Å²) < 4.78 is 4.82. The van der Waals surface area contributed by atoms with Crippen molar-refractivity contribution in [1.29, 1.82) is 0 Å². The van der Waals surface area contributed by atoms with E-state index in [9.17, 15) is 0 Å². The van der Waals surface area contributed by atoms with Gasteiger partial charge in [0.1, 0.15) is 0 Å². The van der Waals surface area contributed by atoms with Gasteiger partial charge in [0, 0.05) is 10.4 Å². The van der Waals surface area contributed by atoms with Crippen LogP contribution in [0.2, 0.25) is 0 Å². The molecule has 2 aromatic rings. The van der Waals surface area contributed by atoms with Crippen LogP contribution < -0.4 is 0 Å². The molecular weight excluding hydrogens is 232 g/mol. The number of fused-ring (bicyclic) bond motifs is 3. The number of benzene rings is 1. The van der Waals surface area contributed by atoms with Gasteiger partial charge < -0.3 is 4.74 Å². The predicted molar refractivity (Wildman–Crippen MR) is 70.1 cm³/mol. The van der Waals surface area contributed by atoms with E-state index in [1.54, 1.807) is 18.4 Å². The van der Waals surface area contributed by atoms with E-state index in [2.05, 4.69) is 34.2 Å². The Kier molecular flexibility index (Phi) is 2.65. The highest BCUT2D eigenvalue weighted by molar-refractivity contribution is 7.15. The minimum Gasteiger partial charge on any atom is -0.486 e. The fourth-order valence-electron chi connectivity index (χ4n) is 2.09. The molecule has 0 spiro atoms. The fourth-order valence-corrected chi connectivity index (χ4v) is 3.00. The molecule has 1 aliphatic carbocycles. The lowest BCUT2D eigenvalue weighted by molar-refractivity contribution is 0.423. The Hall–Kier alpha value is -1.68. The first-order valence-corrected chi connectivity index (χ1v) is 6.33. The molecule has 0 bridgehead atoms. The van der Waals surface area contributed by atoms with E-state index < -0.39 is 0 Å². The fraction of sp³-hybridized carbons (Fsp3) is 0.231. The summed E-state index contributed by atoms with van der Waals surface area (Å²) in [6.07, 6.45) is 3.58. The second-order valence-corrected chi connectivity index (χ2v) is 4.96. The molecule has 3 rings (SSSR count). The van der Waals surface area contributed by atoms with E-state index in [-0.39, 0.29) is 0 Å². The van der Waals surface area contributed by atoms with Gasteiger partial charge in [-0.05, 0) is 18.4 Å². The van der Waals surface area contributed by atoms with Crippen LogP contribution in [0.4, 0.5) is 5.13 Å². The van der Waals surface area contributed by atoms with Crippen LogP contribution in [0.25, 0.3) is 11.3 Å². The number of ether oxygens (including phenoxy) is 1. The van der Waals surface area contributed by atoms with Gasteiger partial charge in [0.25, 0.3) is 0 Å². The summed E-state index contributed by atoms with van der Waals surface area (Å²) in [5.74, 6) is 0. The molecule has 1 aromatic heterocycles. The van der Waals surface area contributed by atoms with Gasteiger partial charge in [-0.2, -0.15) is 4.99 Å². The molecule has 17 heavy (non-hydrogen) atoms. The normalized spacial score (nSPS) is 13.5. The number of rotatable bonds is 2. The lowest BCUT2D eigenvalue weighted by Gasteiger charge is -2.13. The number of hydrogen-bond donors (Lipinski definition) is 0. The Morgan fingerprint density at radius 3 is 3.12 bits per heavy atom. The van der Waals surface area contributed by atoms with Crippen molar-refractivity contribution in [2.75, 3.05) is 7.11 Å². The molecule has 0 aliphatic heterocycles. The van der Waals surface area contributed by atoms with E-state index in [4.69, 9.17) is 4.74 Å². The molecule has 0 N–H and O–H groups in total. The van der Waals surface area contributed by atoms with Crippen molar-refractivity contribution >= 4 is 22.9 Å². The van der Waals surface area contributed by atoms with Crippen LogP contribution in [0.1, 0.15) is 10.4 Å². The molecule has 0 saturated carbocycles. The number of nitrogens with zero attached hydrogens (tertiary/aromatic N) is 2. The molecule has 1 aliphatic rings. The smallest absolute Gasteiger partial charge is 0.212 e. The number of aryl methyl sites for hydroxylation is 2. The Morgan fingerprint density at radius 2 is 2.24 bits per heavy atom. The van der Waals surface area contributed by atoms with E-state index in [1.165, 1.54) is 22.4 Å². The summed E-state index contributed by atoms with van der Waals surface area (Å²) in [6.45, 7) is 0. The Labute approximate surface area is 104 Å². The highest BCUT2D eigenvalue weighted by Gasteiger charge is 2.19. The maximum absolute atomic E-state index is 4.82. The molecule has 0 saturated heterocycles. The Balaban J connectivity index is 2.07. The minimum absolute atomic E-state index is 0.772. The van der Waals surface area contributed by atoms with Crippen LogP contribution in [0.15, 0.2) is 29.3 Å². The predicted octanol–water partition coefficient (Wildman–Crippen LogP) is 3.21. The number of hydrogen-bond acceptors (Lipinski definition) is 4. The average Bonchev–Trinajstić information content (AvgIpc) is 2.79. The third-order valence-electron chi connectivity index (χ3n) is 2.85. The minimum atomic E-state index is 0.772. The largest absolute Gasteiger partial charge is 0.486 e. The molecule has 86 valence electrons. The van der Waals surface area contributed by atoms with E-state index in [0.29, 0.717) is 0 Å². The summed E-state index contributed by atoms with van der Waals surface area (Å²) in [5, 5.41) is 0.772. The van der Waals surface area contributed by atoms with Gasteiger partial charge in [0.2, 0.25) is 5.13 Å². The average molecular weight is 244 g/mol. The quantitative estimate of drug-likeness (QED) is 0.600. The molecule has 0 fully saturated rings. The first-order chi connectivity index (χ1) is 8.38. The van der Waals surface area contributed by atoms with Crippen molar-refractivity contribution in [2.24, 2.45) is 4.99 Å². The van der Waals surface area contributed by atoms with Crippen molar-refractivity contribution in [1.82, 2.24) is 4.98 Å². The first-order valence-electron chi connectivity index (χ1n) is 5.52. The molecule has 0 amide bonds. The standard InChI is InChI=1S/C13H12N2OS/c1-16-8-14-13-15-12-10-5-3-2-4-9(10)6-7-11(12)17-13/h2-5,8H,6-7H2,1H3/b14-8+. The van der Waals surface area contributed by atoms with E-state index >= 15 is 0 Å². The van der Waals surface area contributed by atoms with E-state index in [1.807, 2.05) is 0 Å². The van der Waals surface area contributed by atoms with Gasteiger partial charge >= 0.3 is 0 Å². The number of methoxy groups -OCH3 is 1. The number of aromatic nitrogens is 1. The van der Waals surface area contributed by atoms with Gasteiger partial charge in [0.15, 0.2) is 6.40 Å². The van der Waals surface area contributed by atoms with Gasteiger partial charge in [-0.3, -0.25) is 0 Å². The lowest BCUT2D eigenvalue weighted by Crippen LogP contribution is -2.01. The van der Waals surface area contributed by atoms with Crippen molar-refractivity contribution in [2.45, 2.75) is 12.8 Å². The van der Waals surface area contributed by atoms with Crippen molar-refractivity contribution in [3.63, 3.8) is 0 Å². The summed E-state index contributed by atoms with van der Waals surface area (Å²) in [4.78, 5) is 10.1. The lowest BCUT2D eigenvalue weighted by atomic mass is 9.94. The third-order valence-corrected chi connectivity index (χ3v) is 3.87. The van der Waals surface area contributed by atoms with Crippen LogP contribution >= 0.6 is 11.3 Å². The highest BCUT2D eigenvalue weighted by atomic mass is 32.1. The molecular formula is C13H12N2OS. The third kappa shape index (κ3) is 1.85. The second kappa shape index (κ2) is 4.30. The molecule has 0 unspecified atom stereocenters. The summed E-state index contributed by atoms with van der Waals surface area (Å²) >= 11 is 1.65. The van der Waals surface area contributed by atoms with Crippen LogP contribution in [0, 0.1) is 0 Å². The number of aliphatic imine (C=N–C) groups is 1. The molecule has 0 atom stereocenters. The van der Waals surface area contributed by atoms with Crippen LogP contribution in [0.5, 0.6) is 0 Å². The molecule has 1 heterocycles. The summed E-state index contributed by atoms with van der Waals surface area (Å²) in [7, 11) is 1.59. The first kappa shape index (κ1) is 10.5. The van der Waals surface area contributed by atoms with Gasteiger partial charge in [-0.25, -0.2) is 4.98 Å². The second-order valence-electron chi connectivity index (χ2n) is 3.90. The molecule has 0 radical (unpaired) electrons. The van der Waals surface area contributed by atoms with Crippen molar-refractivity contribution < 1.29 is 4.74 Å².